The molecule has 218 valence electrons. The highest BCUT2D eigenvalue weighted by Crippen LogP contribution is 2.73. The van der Waals surface area contributed by atoms with Gasteiger partial charge in [0.05, 0.1) is 58.1 Å². The first-order valence-electron chi connectivity index (χ1n) is 13.9. The molecule has 3 saturated heterocycles. The van der Waals surface area contributed by atoms with Gasteiger partial charge in [-0.05, 0) is 19.3 Å². The monoisotopic (exact) mass is 569 g/mol. The molecule has 0 spiro atoms. The molecule has 3 aliphatic rings. The van der Waals surface area contributed by atoms with Crippen LogP contribution in [-0.4, -0.2) is 124 Å². The molecule has 3 rings (SSSR count). The van der Waals surface area contributed by atoms with Gasteiger partial charge in [-0.3, -0.25) is 0 Å². The second kappa shape index (κ2) is 17.3. The molecule has 0 saturated carbocycles. The highest BCUT2D eigenvalue weighted by atomic mass is 31.2. The summed E-state index contributed by atoms with van der Waals surface area (Å²) in [5.74, 6) is 0. The van der Waals surface area contributed by atoms with Crippen LogP contribution in [0.2, 0.25) is 0 Å². The second-order valence-electron chi connectivity index (χ2n) is 10.2. The maximum Gasteiger partial charge on any atom is 0.177 e. The Bertz CT molecular complexity index is 525. The smallest absolute Gasteiger partial charge is 0.177 e. The van der Waals surface area contributed by atoms with E-state index in [9.17, 15) is 0 Å². The number of methoxy groups -OCH3 is 3. The van der Waals surface area contributed by atoms with Crippen LogP contribution in [0.1, 0.15) is 38.5 Å². The van der Waals surface area contributed by atoms with Gasteiger partial charge in [0.15, 0.2) is 24.3 Å². The molecule has 0 radical (unpaired) electrons. The predicted molar refractivity (Wildman–Crippen MR) is 148 cm³/mol. The fraction of sp³-hybridized carbons (Fsp3) is 1.00. The SMILES string of the molecule is COCCC[P+](CCCOC)(CCCOC)C(P)C(C1OCCCO1)(C1OCCCO1)C1OCCCO1. The van der Waals surface area contributed by atoms with E-state index < -0.39 is 31.5 Å². The van der Waals surface area contributed by atoms with Crippen molar-refractivity contribution in [2.45, 2.75) is 62.8 Å². The quantitative estimate of drug-likeness (QED) is 0.193. The van der Waals surface area contributed by atoms with Crippen LogP contribution in [0.25, 0.3) is 0 Å². The van der Waals surface area contributed by atoms with Crippen LogP contribution in [0.15, 0.2) is 0 Å². The lowest BCUT2D eigenvalue weighted by molar-refractivity contribution is -0.380. The van der Waals surface area contributed by atoms with Gasteiger partial charge in [-0.2, -0.15) is 0 Å². The van der Waals surface area contributed by atoms with Crippen LogP contribution in [0.3, 0.4) is 0 Å². The summed E-state index contributed by atoms with van der Waals surface area (Å²) in [6.07, 6.45) is 7.07. The largest absolute Gasteiger partial charge is 0.385 e. The van der Waals surface area contributed by atoms with Gasteiger partial charge in [-0.25, -0.2) is 0 Å². The first kappa shape index (κ1) is 32.0. The summed E-state index contributed by atoms with van der Waals surface area (Å²) < 4.78 is 55.1. The zero-order valence-electron chi connectivity index (χ0n) is 23.2. The van der Waals surface area contributed by atoms with E-state index in [1.807, 2.05) is 0 Å². The zero-order chi connectivity index (χ0) is 26.4. The Balaban J connectivity index is 2.10. The van der Waals surface area contributed by atoms with Crippen molar-refractivity contribution in [3.05, 3.63) is 0 Å². The predicted octanol–water partition coefficient (Wildman–Crippen LogP) is 3.59. The van der Waals surface area contributed by atoms with E-state index in [0.29, 0.717) is 39.6 Å². The van der Waals surface area contributed by atoms with Crippen molar-refractivity contribution in [3.63, 3.8) is 0 Å². The van der Waals surface area contributed by atoms with Gasteiger partial charge < -0.3 is 42.6 Å². The molecule has 3 fully saturated rings. The Labute approximate surface area is 226 Å². The molecule has 0 aliphatic carbocycles. The van der Waals surface area contributed by atoms with Crippen molar-refractivity contribution in [1.29, 1.82) is 0 Å². The lowest BCUT2D eigenvalue weighted by Gasteiger charge is -2.55. The number of ether oxygens (including phenoxy) is 9. The van der Waals surface area contributed by atoms with Crippen molar-refractivity contribution in [1.82, 2.24) is 0 Å². The molecule has 0 aromatic heterocycles. The summed E-state index contributed by atoms with van der Waals surface area (Å²) in [5.41, 5.74) is -0.799. The maximum absolute atomic E-state index is 6.43. The van der Waals surface area contributed by atoms with Gasteiger partial charge in [-0.1, -0.05) is 9.24 Å². The first-order valence-corrected chi connectivity index (χ1v) is 17.0. The summed E-state index contributed by atoms with van der Waals surface area (Å²) in [4.78, 5) is 0. The van der Waals surface area contributed by atoms with Crippen molar-refractivity contribution in [2.24, 2.45) is 5.41 Å². The third-order valence-corrected chi connectivity index (χ3v) is 15.4. The van der Waals surface area contributed by atoms with Crippen molar-refractivity contribution in [2.75, 3.05) is 99.3 Å². The van der Waals surface area contributed by atoms with Crippen molar-refractivity contribution < 1.29 is 42.6 Å². The zero-order valence-corrected chi connectivity index (χ0v) is 25.3. The average molecular weight is 570 g/mol. The lowest BCUT2D eigenvalue weighted by atomic mass is 9.85. The first-order chi connectivity index (χ1) is 18.2. The topological polar surface area (TPSA) is 83.1 Å². The van der Waals surface area contributed by atoms with Gasteiger partial charge in [0.1, 0.15) is 5.40 Å². The summed E-state index contributed by atoms with van der Waals surface area (Å²) in [7, 11) is 6.81. The third kappa shape index (κ3) is 8.27. The van der Waals surface area contributed by atoms with Crippen molar-refractivity contribution >= 4 is 16.5 Å². The van der Waals surface area contributed by atoms with Gasteiger partial charge in [0.25, 0.3) is 0 Å². The van der Waals surface area contributed by atoms with Crippen LogP contribution in [0, 0.1) is 5.41 Å². The molecule has 0 aromatic carbocycles. The fourth-order valence-electron chi connectivity index (χ4n) is 5.88. The molecule has 2 atom stereocenters. The lowest BCUT2D eigenvalue weighted by Crippen LogP contribution is -2.65. The Hall–Kier alpha value is 0.500. The maximum atomic E-state index is 6.43. The Morgan fingerprint density at radius 2 is 0.919 bits per heavy atom. The fourth-order valence-corrected chi connectivity index (χ4v) is 12.8. The van der Waals surface area contributed by atoms with E-state index in [1.165, 1.54) is 0 Å². The van der Waals surface area contributed by atoms with Crippen LogP contribution >= 0.6 is 16.5 Å². The van der Waals surface area contributed by atoms with Gasteiger partial charge >= 0.3 is 0 Å². The molecule has 0 N–H and O–H groups in total. The summed E-state index contributed by atoms with van der Waals surface area (Å²) in [6.45, 7) is 5.96. The summed E-state index contributed by atoms with van der Waals surface area (Å²) >= 11 is 0. The van der Waals surface area contributed by atoms with E-state index in [-0.39, 0.29) is 5.40 Å². The molecule has 0 bridgehead atoms. The van der Waals surface area contributed by atoms with Crippen LogP contribution in [0.5, 0.6) is 0 Å². The molecular formula is C26H51O9P2+. The number of rotatable bonds is 17. The second-order valence-corrected chi connectivity index (χ2v) is 15.7. The molecule has 2 unspecified atom stereocenters. The minimum atomic E-state index is -1.75. The van der Waals surface area contributed by atoms with Gasteiger partial charge in [-0.15, -0.1) is 0 Å². The highest BCUT2D eigenvalue weighted by Gasteiger charge is 2.68. The van der Waals surface area contributed by atoms with Crippen LogP contribution in [-0.2, 0) is 42.6 Å². The van der Waals surface area contributed by atoms with Crippen LogP contribution < -0.4 is 0 Å². The molecule has 0 amide bonds. The third-order valence-electron chi connectivity index (χ3n) is 7.66. The minimum Gasteiger partial charge on any atom is -0.385 e. The van der Waals surface area contributed by atoms with E-state index in [4.69, 9.17) is 42.6 Å². The molecular weight excluding hydrogens is 518 g/mol. The molecule has 11 heteroatoms. The van der Waals surface area contributed by atoms with E-state index in [1.54, 1.807) is 21.3 Å². The highest BCUT2D eigenvalue weighted by molar-refractivity contribution is 7.81. The average Bonchev–Trinajstić information content (AvgIpc) is 2.95. The minimum absolute atomic E-state index is 0.0415. The van der Waals surface area contributed by atoms with Gasteiger partial charge in [0.2, 0.25) is 0 Å². The Morgan fingerprint density at radius 1 is 0.622 bits per heavy atom. The Morgan fingerprint density at radius 3 is 1.19 bits per heavy atom. The molecule has 37 heavy (non-hydrogen) atoms. The number of hydrogen-bond acceptors (Lipinski definition) is 9. The number of hydrogen-bond donors (Lipinski definition) is 0. The molecule has 9 nitrogen and oxygen atoms in total. The van der Waals surface area contributed by atoms with Crippen molar-refractivity contribution in [3.8, 4) is 0 Å². The molecule has 0 aromatic rings. The Kier molecular flexibility index (Phi) is 15.0. The van der Waals surface area contributed by atoms with Crippen LogP contribution in [0.4, 0.5) is 0 Å². The standard InChI is InChI=1S/C26H51O9P2/c1-27-10-7-19-37(20-8-11-28-2,21-9-12-29-3)25(36)26(22-30-13-4-14-31-22,23-32-15-5-16-33-23)24-34-17-6-18-35-24/h22-25H,4-21,36H2,1-3H3/q+1. The normalized spacial score (nSPS) is 22.4. The molecule has 3 heterocycles. The molecule has 3 aliphatic heterocycles. The van der Waals surface area contributed by atoms with E-state index in [0.717, 1.165) is 76.8 Å². The van der Waals surface area contributed by atoms with E-state index in [2.05, 4.69) is 9.24 Å². The van der Waals surface area contributed by atoms with Gasteiger partial charge in [0, 0.05) is 67.7 Å². The van der Waals surface area contributed by atoms with E-state index >= 15 is 0 Å². The summed E-state index contributed by atoms with van der Waals surface area (Å²) in [5, 5.41) is 0.0415. The summed E-state index contributed by atoms with van der Waals surface area (Å²) in [6, 6.07) is 0.